The molecular formula is C19H16N2O6. The van der Waals surface area contributed by atoms with Crippen LogP contribution in [-0.2, 0) is 16.9 Å². The number of pyridine rings is 1. The Labute approximate surface area is 153 Å². The lowest BCUT2D eigenvalue weighted by atomic mass is 10.00. The predicted molar refractivity (Wildman–Crippen MR) is 93.3 cm³/mol. The van der Waals surface area contributed by atoms with Crippen LogP contribution in [0.25, 0.3) is 11.1 Å². The second-order valence-corrected chi connectivity index (χ2v) is 6.35. The van der Waals surface area contributed by atoms with E-state index >= 15 is 0 Å². The maximum absolute atomic E-state index is 12.7. The van der Waals surface area contributed by atoms with E-state index in [9.17, 15) is 19.8 Å². The summed E-state index contributed by atoms with van der Waals surface area (Å²) < 4.78 is 10.6. The van der Waals surface area contributed by atoms with Crippen LogP contribution in [-0.4, -0.2) is 45.6 Å². The number of aliphatic hydroxyl groups is 1. The van der Waals surface area contributed by atoms with E-state index in [-0.39, 0.29) is 18.2 Å². The number of fused-ring (bicyclic) bond motifs is 2. The van der Waals surface area contributed by atoms with E-state index in [2.05, 4.69) is 4.98 Å². The van der Waals surface area contributed by atoms with Gasteiger partial charge in [0.2, 0.25) is 5.60 Å². The van der Waals surface area contributed by atoms with Gasteiger partial charge in [0, 0.05) is 24.4 Å². The molecule has 0 spiro atoms. The predicted octanol–water partition coefficient (Wildman–Crippen LogP) is 1.76. The van der Waals surface area contributed by atoms with Gasteiger partial charge in [0.15, 0.2) is 11.3 Å². The van der Waals surface area contributed by atoms with Crippen molar-refractivity contribution < 1.29 is 29.0 Å². The number of carboxylic acids is 1. The number of nitrogens with zero attached hydrogens (tertiary/aromatic N) is 2. The Morgan fingerprint density at radius 1 is 1.37 bits per heavy atom. The molecule has 0 saturated heterocycles. The van der Waals surface area contributed by atoms with E-state index in [1.165, 1.54) is 24.3 Å². The van der Waals surface area contributed by atoms with Gasteiger partial charge in [0.25, 0.3) is 5.91 Å². The molecule has 0 fully saturated rings. The van der Waals surface area contributed by atoms with Gasteiger partial charge in [0.05, 0.1) is 13.7 Å². The summed E-state index contributed by atoms with van der Waals surface area (Å²) in [6.07, 6.45) is 1.54. The van der Waals surface area contributed by atoms with Gasteiger partial charge in [-0.2, -0.15) is 0 Å². The molecule has 3 aromatic rings. The third-order valence-electron chi connectivity index (χ3n) is 4.66. The number of aromatic nitrogens is 1. The molecule has 4 rings (SSSR count). The van der Waals surface area contributed by atoms with Gasteiger partial charge < -0.3 is 24.3 Å². The quantitative estimate of drug-likeness (QED) is 0.705. The summed E-state index contributed by atoms with van der Waals surface area (Å²) >= 11 is 0. The molecule has 8 nitrogen and oxygen atoms in total. The van der Waals surface area contributed by atoms with Crippen LogP contribution < -0.4 is 4.74 Å². The number of carboxylic acid groups (broad SMARTS) is 1. The van der Waals surface area contributed by atoms with Crippen LogP contribution in [0.1, 0.15) is 21.7 Å². The first-order valence-corrected chi connectivity index (χ1v) is 8.19. The normalized spacial score (nSPS) is 15.6. The van der Waals surface area contributed by atoms with Crippen molar-refractivity contribution in [2.75, 3.05) is 13.7 Å². The minimum Gasteiger partial charge on any atom is -0.497 e. The molecule has 1 atom stereocenters. The van der Waals surface area contributed by atoms with Gasteiger partial charge in [0.1, 0.15) is 11.3 Å². The van der Waals surface area contributed by atoms with Crippen molar-refractivity contribution in [1.29, 1.82) is 0 Å². The van der Waals surface area contributed by atoms with Gasteiger partial charge in [-0.05, 0) is 29.8 Å². The number of benzene rings is 1. The number of hydrogen-bond donors (Lipinski definition) is 2. The third kappa shape index (κ3) is 2.70. The van der Waals surface area contributed by atoms with Gasteiger partial charge in [-0.15, -0.1) is 0 Å². The summed E-state index contributed by atoms with van der Waals surface area (Å²) in [6.45, 7) is -0.274. The van der Waals surface area contributed by atoms with Gasteiger partial charge in [-0.1, -0.05) is 6.07 Å². The second kappa shape index (κ2) is 6.10. The average Bonchev–Trinajstić information content (AvgIpc) is 3.23. The fourth-order valence-electron chi connectivity index (χ4n) is 3.20. The lowest BCUT2D eigenvalue weighted by Gasteiger charge is -2.26. The number of aliphatic carboxylic acids is 1. The largest absolute Gasteiger partial charge is 0.497 e. The lowest BCUT2D eigenvalue weighted by molar-refractivity contribution is -0.163. The second-order valence-electron chi connectivity index (χ2n) is 6.35. The number of hydrogen-bond acceptors (Lipinski definition) is 6. The van der Waals surface area contributed by atoms with Crippen molar-refractivity contribution in [1.82, 2.24) is 9.88 Å². The first-order valence-electron chi connectivity index (χ1n) is 8.19. The lowest BCUT2D eigenvalue weighted by Crippen LogP contribution is -2.46. The van der Waals surface area contributed by atoms with Crippen molar-refractivity contribution in [2.24, 2.45) is 0 Å². The zero-order valence-electron chi connectivity index (χ0n) is 14.4. The van der Waals surface area contributed by atoms with E-state index in [1.807, 2.05) is 0 Å². The topological polar surface area (TPSA) is 113 Å². The zero-order valence-corrected chi connectivity index (χ0v) is 14.4. The Bertz CT molecular complexity index is 1030. The van der Waals surface area contributed by atoms with Crippen molar-refractivity contribution in [3.8, 4) is 5.75 Å². The number of carbonyl (C=O) groups is 2. The molecule has 0 aliphatic carbocycles. The van der Waals surface area contributed by atoms with Crippen LogP contribution in [0.3, 0.4) is 0 Å². The molecule has 2 aromatic heterocycles. The van der Waals surface area contributed by atoms with E-state index in [0.29, 0.717) is 22.4 Å². The summed E-state index contributed by atoms with van der Waals surface area (Å²) in [5, 5.41) is 20.5. The smallest absolute Gasteiger partial charge is 0.345 e. The minimum atomic E-state index is -2.40. The van der Waals surface area contributed by atoms with Crippen LogP contribution in [0, 0.1) is 0 Å². The SMILES string of the molecule is COc1ccc2c(c1)C(=O)N(C[C@@](O)(C(=O)O)c1cc3ncccc3o1)C2. The molecule has 2 N–H and O–H groups in total. The molecule has 0 saturated carbocycles. The summed E-state index contributed by atoms with van der Waals surface area (Å²) in [7, 11) is 1.50. The third-order valence-corrected chi connectivity index (χ3v) is 4.66. The maximum Gasteiger partial charge on any atom is 0.345 e. The number of rotatable bonds is 5. The van der Waals surface area contributed by atoms with Crippen LogP contribution in [0.5, 0.6) is 5.75 Å². The van der Waals surface area contributed by atoms with E-state index in [0.717, 1.165) is 5.56 Å². The van der Waals surface area contributed by atoms with E-state index in [4.69, 9.17) is 9.15 Å². The molecule has 0 radical (unpaired) electrons. The van der Waals surface area contributed by atoms with E-state index < -0.39 is 18.1 Å². The zero-order chi connectivity index (χ0) is 19.2. The number of amides is 1. The Morgan fingerprint density at radius 2 is 2.19 bits per heavy atom. The van der Waals surface area contributed by atoms with Gasteiger partial charge in [-0.25, -0.2) is 4.79 Å². The summed E-state index contributed by atoms with van der Waals surface area (Å²) in [4.78, 5) is 29.9. The highest BCUT2D eigenvalue weighted by atomic mass is 16.5. The number of ether oxygens (including phenoxy) is 1. The molecule has 1 aliphatic rings. The molecule has 1 aliphatic heterocycles. The van der Waals surface area contributed by atoms with E-state index in [1.54, 1.807) is 30.3 Å². The molecular weight excluding hydrogens is 352 g/mol. The highest BCUT2D eigenvalue weighted by molar-refractivity contribution is 5.99. The van der Waals surface area contributed by atoms with Gasteiger partial charge >= 0.3 is 5.97 Å². The summed E-state index contributed by atoms with van der Waals surface area (Å²) in [5.74, 6) is -1.54. The van der Waals surface area contributed by atoms with Crippen LogP contribution in [0.4, 0.5) is 0 Å². The average molecular weight is 368 g/mol. The molecule has 0 unspecified atom stereocenters. The van der Waals surface area contributed by atoms with Crippen molar-refractivity contribution >= 4 is 23.0 Å². The molecule has 0 bridgehead atoms. The summed E-state index contributed by atoms with van der Waals surface area (Å²) in [6, 6.07) is 9.71. The Morgan fingerprint density at radius 3 is 2.89 bits per heavy atom. The molecule has 1 amide bonds. The number of methoxy groups -OCH3 is 1. The number of furan rings is 1. The Hall–Kier alpha value is -3.39. The molecule has 1 aromatic carbocycles. The van der Waals surface area contributed by atoms with Crippen molar-refractivity contribution in [2.45, 2.75) is 12.1 Å². The van der Waals surface area contributed by atoms with Crippen LogP contribution in [0.15, 0.2) is 47.0 Å². The molecule has 27 heavy (non-hydrogen) atoms. The first-order chi connectivity index (χ1) is 12.9. The Balaban J connectivity index is 1.68. The molecule has 138 valence electrons. The maximum atomic E-state index is 12.7. The van der Waals surface area contributed by atoms with Gasteiger partial charge in [-0.3, -0.25) is 9.78 Å². The Kier molecular flexibility index (Phi) is 3.85. The highest BCUT2D eigenvalue weighted by Gasteiger charge is 2.46. The monoisotopic (exact) mass is 368 g/mol. The highest BCUT2D eigenvalue weighted by Crippen LogP contribution is 2.33. The fourth-order valence-corrected chi connectivity index (χ4v) is 3.20. The summed E-state index contributed by atoms with van der Waals surface area (Å²) in [5.41, 5.74) is -0.461. The molecule has 8 heteroatoms. The molecule has 3 heterocycles. The van der Waals surface area contributed by atoms with Crippen LogP contribution >= 0.6 is 0 Å². The fraction of sp³-hybridized carbons (Fsp3) is 0.211. The number of carbonyl (C=O) groups excluding carboxylic acids is 1. The standard InChI is InChI=1S/C19H16N2O6/c1-26-12-5-4-11-9-21(17(22)13(11)7-12)10-19(25,18(23)24)16-8-14-15(27-16)3-2-6-20-14/h2-8,25H,9-10H2,1H3,(H,23,24)/t19-/m0/s1. The minimum absolute atomic E-state index is 0.176. The number of β-amino-alcohol motifs (C(OH)–C–C–N with tert-alkyl or cyclic N) is 1. The van der Waals surface area contributed by atoms with Crippen LogP contribution in [0.2, 0.25) is 0 Å². The first kappa shape index (κ1) is 17.0. The van der Waals surface area contributed by atoms with Crippen molar-refractivity contribution in [3.63, 3.8) is 0 Å². The van der Waals surface area contributed by atoms with Crippen molar-refractivity contribution in [3.05, 3.63) is 59.5 Å².